The Kier molecular flexibility index (Phi) is 4.66. The molecule has 1 saturated heterocycles. The molecule has 0 aliphatic carbocycles. The summed E-state index contributed by atoms with van der Waals surface area (Å²) in [6, 6.07) is 5.25. The molecule has 106 valence electrons. The number of nitrogens with two attached hydrogens (primary N) is 1. The van der Waals surface area contributed by atoms with Gasteiger partial charge in [0, 0.05) is 24.1 Å². The third-order valence-electron chi connectivity index (χ3n) is 3.59. The lowest BCUT2D eigenvalue weighted by Gasteiger charge is -2.29. The fourth-order valence-corrected chi connectivity index (χ4v) is 4.68. The molecule has 1 heterocycles. The van der Waals surface area contributed by atoms with Crippen molar-refractivity contribution >= 4 is 26.0 Å². The van der Waals surface area contributed by atoms with Crippen LogP contribution in [0.5, 0.6) is 0 Å². The molecule has 19 heavy (non-hydrogen) atoms. The quantitative estimate of drug-likeness (QED) is 0.913. The molecule has 0 aromatic heterocycles. The van der Waals surface area contributed by atoms with Crippen LogP contribution in [0.1, 0.15) is 25.3 Å². The van der Waals surface area contributed by atoms with E-state index in [0.29, 0.717) is 34.9 Å². The largest absolute Gasteiger partial charge is 0.326 e. The van der Waals surface area contributed by atoms with E-state index in [4.69, 9.17) is 5.73 Å². The summed E-state index contributed by atoms with van der Waals surface area (Å²) in [6.07, 6.45) is 1.85. The number of sulfonamides is 1. The molecule has 0 amide bonds. The van der Waals surface area contributed by atoms with Crippen molar-refractivity contribution < 1.29 is 8.42 Å². The number of piperidine rings is 1. The molecule has 0 bridgehead atoms. The van der Waals surface area contributed by atoms with E-state index in [1.807, 2.05) is 6.07 Å². The van der Waals surface area contributed by atoms with Crippen molar-refractivity contribution in [3.05, 3.63) is 28.2 Å². The standard InChI is InChI=1S/C13H19BrN2O2S/c1-10-4-6-16(7-5-10)19(17,18)13-8-11(9-15)2-3-12(13)14/h2-3,8,10H,4-7,9,15H2,1H3. The highest BCUT2D eigenvalue weighted by Crippen LogP contribution is 2.29. The highest BCUT2D eigenvalue weighted by atomic mass is 79.9. The first kappa shape index (κ1) is 15.0. The monoisotopic (exact) mass is 346 g/mol. The molecule has 0 atom stereocenters. The van der Waals surface area contributed by atoms with Gasteiger partial charge in [0.15, 0.2) is 0 Å². The molecule has 4 nitrogen and oxygen atoms in total. The van der Waals surface area contributed by atoms with Gasteiger partial charge in [-0.05, 0) is 52.4 Å². The molecule has 1 aromatic carbocycles. The van der Waals surface area contributed by atoms with E-state index >= 15 is 0 Å². The molecule has 1 fully saturated rings. The van der Waals surface area contributed by atoms with Gasteiger partial charge < -0.3 is 5.73 Å². The van der Waals surface area contributed by atoms with Crippen LogP contribution in [-0.2, 0) is 16.6 Å². The number of benzene rings is 1. The average molecular weight is 347 g/mol. The molecule has 0 spiro atoms. The van der Waals surface area contributed by atoms with Crippen LogP contribution in [0.3, 0.4) is 0 Å². The zero-order valence-corrected chi connectivity index (χ0v) is 13.4. The number of nitrogens with zero attached hydrogens (tertiary/aromatic N) is 1. The Hall–Kier alpha value is -0.430. The Morgan fingerprint density at radius 2 is 2.00 bits per heavy atom. The average Bonchev–Trinajstić information content (AvgIpc) is 2.39. The zero-order chi connectivity index (χ0) is 14.0. The van der Waals surface area contributed by atoms with Gasteiger partial charge in [-0.1, -0.05) is 13.0 Å². The highest BCUT2D eigenvalue weighted by molar-refractivity contribution is 9.10. The van der Waals surface area contributed by atoms with Crippen LogP contribution < -0.4 is 5.73 Å². The molecule has 0 saturated carbocycles. The Bertz CT molecular complexity index is 552. The van der Waals surface area contributed by atoms with E-state index < -0.39 is 10.0 Å². The summed E-state index contributed by atoms with van der Waals surface area (Å²) in [5, 5.41) is 0. The van der Waals surface area contributed by atoms with Crippen LogP contribution in [0, 0.1) is 5.92 Å². The van der Waals surface area contributed by atoms with Gasteiger partial charge in [-0.15, -0.1) is 0 Å². The summed E-state index contributed by atoms with van der Waals surface area (Å²) in [6.45, 7) is 3.70. The summed E-state index contributed by atoms with van der Waals surface area (Å²) in [5.74, 6) is 0.602. The van der Waals surface area contributed by atoms with Crippen LogP contribution in [0.2, 0.25) is 0 Å². The second-order valence-electron chi connectivity index (χ2n) is 5.06. The Morgan fingerprint density at radius 3 is 2.58 bits per heavy atom. The van der Waals surface area contributed by atoms with Crippen LogP contribution >= 0.6 is 15.9 Å². The lowest BCUT2D eigenvalue weighted by atomic mass is 10.0. The number of rotatable bonds is 3. The van der Waals surface area contributed by atoms with Crippen molar-refractivity contribution in [3.8, 4) is 0 Å². The molecule has 2 N–H and O–H groups in total. The van der Waals surface area contributed by atoms with Gasteiger partial charge in [0.05, 0.1) is 4.90 Å². The maximum absolute atomic E-state index is 12.6. The van der Waals surface area contributed by atoms with Gasteiger partial charge in [0.25, 0.3) is 0 Å². The van der Waals surface area contributed by atoms with E-state index in [-0.39, 0.29) is 0 Å². The predicted octanol–water partition coefficient (Wildman–Crippen LogP) is 2.33. The SMILES string of the molecule is CC1CCN(S(=O)(=O)c2cc(CN)ccc2Br)CC1. The molecular formula is C13H19BrN2O2S. The smallest absolute Gasteiger partial charge is 0.244 e. The van der Waals surface area contributed by atoms with Gasteiger partial charge in [0.2, 0.25) is 10.0 Å². The molecular weight excluding hydrogens is 328 g/mol. The number of halogens is 1. The lowest BCUT2D eigenvalue weighted by molar-refractivity contribution is 0.288. The maximum atomic E-state index is 12.6. The minimum atomic E-state index is -3.42. The van der Waals surface area contributed by atoms with E-state index in [1.54, 1.807) is 16.4 Å². The van der Waals surface area contributed by atoms with Crippen molar-refractivity contribution in [2.45, 2.75) is 31.2 Å². The van der Waals surface area contributed by atoms with Crippen LogP contribution in [-0.4, -0.2) is 25.8 Å². The third kappa shape index (κ3) is 3.18. The first-order valence-corrected chi connectivity index (χ1v) is 8.67. The van der Waals surface area contributed by atoms with Crippen LogP contribution in [0.15, 0.2) is 27.6 Å². The summed E-state index contributed by atoms with van der Waals surface area (Å²) >= 11 is 3.33. The Morgan fingerprint density at radius 1 is 1.37 bits per heavy atom. The summed E-state index contributed by atoms with van der Waals surface area (Å²) in [7, 11) is -3.42. The van der Waals surface area contributed by atoms with E-state index in [9.17, 15) is 8.42 Å². The van der Waals surface area contributed by atoms with Gasteiger partial charge in [-0.25, -0.2) is 8.42 Å². The minimum Gasteiger partial charge on any atom is -0.326 e. The third-order valence-corrected chi connectivity index (χ3v) is 6.48. The second-order valence-corrected chi connectivity index (χ2v) is 7.82. The fourth-order valence-electron chi connectivity index (χ4n) is 2.24. The lowest BCUT2D eigenvalue weighted by Crippen LogP contribution is -2.38. The van der Waals surface area contributed by atoms with Gasteiger partial charge in [0.1, 0.15) is 0 Å². The molecule has 6 heteroatoms. The summed E-state index contributed by atoms with van der Waals surface area (Å²) in [4.78, 5) is 0.324. The summed E-state index contributed by atoms with van der Waals surface area (Å²) < 4.78 is 27.5. The van der Waals surface area contributed by atoms with Crippen molar-refractivity contribution in [2.75, 3.05) is 13.1 Å². The molecule has 1 aliphatic rings. The molecule has 1 aromatic rings. The molecule has 1 aliphatic heterocycles. The van der Waals surface area contributed by atoms with E-state index in [2.05, 4.69) is 22.9 Å². The van der Waals surface area contributed by atoms with E-state index in [1.165, 1.54) is 0 Å². The molecule has 0 unspecified atom stereocenters. The summed E-state index contributed by atoms with van der Waals surface area (Å²) in [5.41, 5.74) is 6.41. The van der Waals surface area contributed by atoms with Crippen molar-refractivity contribution in [3.63, 3.8) is 0 Å². The number of hydrogen-bond donors (Lipinski definition) is 1. The van der Waals surface area contributed by atoms with Gasteiger partial charge >= 0.3 is 0 Å². The first-order valence-electron chi connectivity index (χ1n) is 6.44. The number of hydrogen-bond acceptors (Lipinski definition) is 3. The normalized spacial score (nSPS) is 18.7. The van der Waals surface area contributed by atoms with Crippen molar-refractivity contribution in [2.24, 2.45) is 11.7 Å². The van der Waals surface area contributed by atoms with Gasteiger partial charge in [-0.2, -0.15) is 4.31 Å². The molecule has 2 rings (SSSR count). The van der Waals surface area contributed by atoms with Crippen LogP contribution in [0.4, 0.5) is 0 Å². The zero-order valence-electron chi connectivity index (χ0n) is 11.0. The van der Waals surface area contributed by atoms with E-state index in [0.717, 1.165) is 18.4 Å². The Labute approximate surface area is 123 Å². The first-order chi connectivity index (χ1) is 8.95. The van der Waals surface area contributed by atoms with Crippen LogP contribution in [0.25, 0.3) is 0 Å². The topological polar surface area (TPSA) is 63.4 Å². The fraction of sp³-hybridized carbons (Fsp3) is 0.538. The molecule has 0 radical (unpaired) electrons. The highest BCUT2D eigenvalue weighted by Gasteiger charge is 2.29. The van der Waals surface area contributed by atoms with Crippen molar-refractivity contribution in [1.29, 1.82) is 0 Å². The Balaban J connectivity index is 2.34. The van der Waals surface area contributed by atoms with Gasteiger partial charge in [-0.3, -0.25) is 0 Å². The minimum absolute atomic E-state index is 0.324. The maximum Gasteiger partial charge on any atom is 0.244 e. The second kappa shape index (κ2) is 5.91. The van der Waals surface area contributed by atoms with Crippen molar-refractivity contribution in [1.82, 2.24) is 4.31 Å². The predicted molar refractivity (Wildman–Crippen MR) is 79.2 cm³/mol.